The van der Waals surface area contributed by atoms with Crippen LogP contribution < -0.4 is 0 Å². The van der Waals surface area contributed by atoms with Gasteiger partial charge in [0.15, 0.2) is 0 Å². The minimum atomic E-state index is -4.00. The van der Waals surface area contributed by atoms with E-state index in [0.717, 1.165) is 28.8 Å². The molecule has 0 radical (unpaired) electrons. The molecule has 0 bridgehead atoms. The maximum Gasteiger partial charge on any atom is 0.341 e. The summed E-state index contributed by atoms with van der Waals surface area (Å²) in [5, 5.41) is 11.5. The third-order valence-electron chi connectivity index (χ3n) is 6.61. The molecule has 0 spiro atoms. The maximum absolute atomic E-state index is 14.5. The highest BCUT2D eigenvalue weighted by molar-refractivity contribution is 7.91. The molecular weight excluding hydrogens is 565 g/mol. The molecule has 1 atom stereocenters. The summed E-state index contributed by atoms with van der Waals surface area (Å²) in [6.07, 6.45) is -0.126. The number of halogens is 2. The second-order valence-corrected chi connectivity index (χ2v) is 11.9. The van der Waals surface area contributed by atoms with Gasteiger partial charge < -0.3 is 9.84 Å². The van der Waals surface area contributed by atoms with Crippen LogP contribution in [0, 0.1) is 5.82 Å². The zero-order valence-electron chi connectivity index (χ0n) is 22.5. The summed E-state index contributed by atoms with van der Waals surface area (Å²) >= 11 is 6.11. The molecule has 0 aliphatic carbocycles. The standard InChI is InChI=1S/C32H31ClFNO5S/c1-2-40-32(37)29-16-15-28(20-30(29)34)41(38,39)27-13-11-23(12-14-27)17-18-35(21-24-7-4-3-5-8-24)22-31(36)25-9-6-10-26(33)19-25/h3-16,19-20,31,36H,2,17-18,21-22H2,1H3. The normalized spacial score (nSPS) is 12.3. The van der Waals surface area contributed by atoms with Crippen LogP contribution in [0.3, 0.4) is 0 Å². The van der Waals surface area contributed by atoms with Gasteiger partial charge in [0, 0.05) is 24.7 Å². The summed E-state index contributed by atoms with van der Waals surface area (Å²) in [5.41, 5.74) is 2.43. The Kier molecular flexibility index (Phi) is 10.3. The van der Waals surface area contributed by atoms with Crippen molar-refractivity contribution >= 4 is 27.4 Å². The van der Waals surface area contributed by atoms with Crippen molar-refractivity contribution in [3.05, 3.63) is 130 Å². The van der Waals surface area contributed by atoms with Gasteiger partial charge in [-0.25, -0.2) is 17.6 Å². The lowest BCUT2D eigenvalue weighted by Gasteiger charge is -2.25. The number of carbonyl (C=O) groups is 1. The van der Waals surface area contributed by atoms with E-state index in [1.165, 1.54) is 18.2 Å². The van der Waals surface area contributed by atoms with Crippen LogP contribution in [0.25, 0.3) is 0 Å². The molecule has 0 aliphatic heterocycles. The number of sulfone groups is 1. The number of hydrogen-bond acceptors (Lipinski definition) is 6. The molecule has 9 heteroatoms. The van der Waals surface area contributed by atoms with Crippen molar-refractivity contribution in [2.24, 2.45) is 0 Å². The number of carbonyl (C=O) groups excluding carboxylic acids is 1. The Labute approximate surface area is 244 Å². The van der Waals surface area contributed by atoms with Gasteiger partial charge >= 0.3 is 5.97 Å². The number of ether oxygens (including phenoxy) is 1. The highest BCUT2D eigenvalue weighted by Crippen LogP contribution is 2.24. The Morgan fingerprint density at radius 2 is 1.63 bits per heavy atom. The van der Waals surface area contributed by atoms with Crippen molar-refractivity contribution in [2.75, 3.05) is 19.7 Å². The summed E-state index contributed by atoms with van der Waals surface area (Å²) in [7, 11) is -4.00. The second kappa shape index (κ2) is 13.9. The number of hydrogen-bond donors (Lipinski definition) is 1. The summed E-state index contributed by atoms with van der Waals surface area (Å²) in [6, 6.07) is 26.7. The van der Waals surface area contributed by atoms with E-state index >= 15 is 0 Å². The molecule has 1 N–H and O–H groups in total. The smallest absolute Gasteiger partial charge is 0.341 e. The largest absolute Gasteiger partial charge is 0.462 e. The molecule has 41 heavy (non-hydrogen) atoms. The van der Waals surface area contributed by atoms with Crippen LogP contribution in [0.4, 0.5) is 4.39 Å². The number of esters is 1. The van der Waals surface area contributed by atoms with Gasteiger partial charge in [0.2, 0.25) is 9.84 Å². The van der Waals surface area contributed by atoms with Gasteiger partial charge in [-0.05, 0) is 72.5 Å². The first kappa shape index (κ1) is 30.4. The van der Waals surface area contributed by atoms with E-state index in [1.54, 1.807) is 37.3 Å². The van der Waals surface area contributed by atoms with E-state index in [-0.39, 0.29) is 22.0 Å². The van der Waals surface area contributed by atoms with Crippen molar-refractivity contribution in [3.8, 4) is 0 Å². The van der Waals surface area contributed by atoms with Gasteiger partial charge in [-0.1, -0.05) is 66.2 Å². The molecular formula is C32H31ClFNO5S. The SMILES string of the molecule is CCOC(=O)c1ccc(S(=O)(=O)c2ccc(CCN(Cc3ccccc3)CC(O)c3cccc(Cl)c3)cc2)cc1F. The highest BCUT2D eigenvalue weighted by atomic mass is 35.5. The van der Waals surface area contributed by atoms with E-state index in [1.807, 2.05) is 36.4 Å². The molecule has 4 aromatic rings. The Hall–Kier alpha value is -3.56. The van der Waals surface area contributed by atoms with Crippen molar-refractivity contribution in [1.82, 2.24) is 4.90 Å². The van der Waals surface area contributed by atoms with E-state index in [4.69, 9.17) is 16.3 Å². The van der Waals surface area contributed by atoms with Crippen molar-refractivity contribution in [2.45, 2.75) is 35.8 Å². The Bertz CT molecular complexity index is 1580. The van der Waals surface area contributed by atoms with Crippen molar-refractivity contribution < 1.29 is 27.4 Å². The number of benzene rings is 4. The molecule has 0 aromatic heterocycles. The lowest BCUT2D eigenvalue weighted by Crippen LogP contribution is -2.30. The van der Waals surface area contributed by atoms with Crippen molar-refractivity contribution in [1.29, 1.82) is 0 Å². The van der Waals surface area contributed by atoms with Crippen LogP contribution in [-0.2, 0) is 27.5 Å². The van der Waals surface area contributed by atoms with Crippen LogP contribution >= 0.6 is 11.6 Å². The fourth-order valence-corrected chi connectivity index (χ4v) is 5.91. The lowest BCUT2D eigenvalue weighted by molar-refractivity contribution is 0.0521. The zero-order valence-corrected chi connectivity index (χ0v) is 24.1. The van der Waals surface area contributed by atoms with E-state index < -0.39 is 27.7 Å². The Morgan fingerprint density at radius 1 is 0.927 bits per heavy atom. The highest BCUT2D eigenvalue weighted by Gasteiger charge is 2.22. The third kappa shape index (κ3) is 8.01. The number of aliphatic hydroxyl groups is 1. The van der Waals surface area contributed by atoms with Gasteiger partial charge in [0.05, 0.1) is 28.1 Å². The molecule has 214 valence electrons. The summed E-state index contributed by atoms with van der Waals surface area (Å²) in [6.45, 7) is 3.30. The van der Waals surface area contributed by atoms with E-state index in [2.05, 4.69) is 4.90 Å². The first-order valence-electron chi connectivity index (χ1n) is 13.2. The summed E-state index contributed by atoms with van der Waals surface area (Å²) < 4.78 is 45.5. The Morgan fingerprint density at radius 3 is 2.29 bits per heavy atom. The van der Waals surface area contributed by atoms with E-state index in [0.29, 0.717) is 31.1 Å². The lowest BCUT2D eigenvalue weighted by atomic mass is 10.1. The van der Waals surface area contributed by atoms with Gasteiger partial charge in [-0.2, -0.15) is 0 Å². The second-order valence-electron chi connectivity index (χ2n) is 9.55. The molecule has 6 nitrogen and oxygen atoms in total. The molecule has 4 aromatic carbocycles. The topological polar surface area (TPSA) is 83.9 Å². The number of aliphatic hydroxyl groups excluding tert-OH is 1. The molecule has 4 rings (SSSR count). The fourth-order valence-electron chi connectivity index (χ4n) is 4.44. The first-order valence-corrected chi connectivity index (χ1v) is 15.0. The predicted molar refractivity (Wildman–Crippen MR) is 156 cm³/mol. The number of nitrogens with zero attached hydrogens (tertiary/aromatic N) is 1. The molecule has 0 fully saturated rings. The van der Waals surface area contributed by atoms with Crippen LogP contribution in [0.2, 0.25) is 5.02 Å². The minimum absolute atomic E-state index is 0.0158. The monoisotopic (exact) mass is 595 g/mol. The zero-order chi connectivity index (χ0) is 29.4. The van der Waals surface area contributed by atoms with Gasteiger partial charge in [-0.3, -0.25) is 4.90 Å². The molecule has 0 amide bonds. The number of rotatable bonds is 12. The van der Waals surface area contributed by atoms with E-state index in [9.17, 15) is 22.7 Å². The van der Waals surface area contributed by atoms with Gasteiger partial charge in [0.1, 0.15) is 5.82 Å². The molecule has 0 saturated heterocycles. The minimum Gasteiger partial charge on any atom is -0.462 e. The van der Waals surface area contributed by atoms with Gasteiger partial charge in [-0.15, -0.1) is 0 Å². The summed E-state index contributed by atoms with van der Waals surface area (Å²) in [5.74, 6) is -1.81. The van der Waals surface area contributed by atoms with Crippen molar-refractivity contribution in [3.63, 3.8) is 0 Å². The predicted octanol–water partition coefficient (Wildman–Crippen LogP) is 6.27. The van der Waals surface area contributed by atoms with Crippen LogP contribution in [0.5, 0.6) is 0 Å². The van der Waals surface area contributed by atoms with Crippen LogP contribution in [-0.4, -0.2) is 44.1 Å². The average molecular weight is 596 g/mol. The molecule has 1 unspecified atom stereocenters. The summed E-state index contributed by atoms with van der Waals surface area (Å²) in [4.78, 5) is 13.8. The Balaban J connectivity index is 1.46. The quantitative estimate of drug-likeness (QED) is 0.194. The maximum atomic E-state index is 14.5. The van der Waals surface area contributed by atoms with Gasteiger partial charge in [0.25, 0.3) is 0 Å². The molecule has 0 saturated carbocycles. The third-order valence-corrected chi connectivity index (χ3v) is 8.61. The van der Waals surface area contributed by atoms with Crippen LogP contribution in [0.15, 0.2) is 107 Å². The first-order chi connectivity index (χ1) is 19.7. The molecule has 0 heterocycles. The average Bonchev–Trinajstić information content (AvgIpc) is 2.96. The fraction of sp³-hybridized carbons (Fsp3) is 0.219. The molecule has 0 aliphatic rings. The van der Waals surface area contributed by atoms with Crippen LogP contribution in [0.1, 0.15) is 40.1 Å².